The number of ether oxygens (including phenoxy) is 2. The summed E-state index contributed by atoms with van der Waals surface area (Å²) in [6.45, 7) is 5.35. The van der Waals surface area contributed by atoms with Crippen LogP contribution >= 0.6 is 0 Å². The second-order valence-electron chi connectivity index (χ2n) is 16.7. The van der Waals surface area contributed by atoms with Gasteiger partial charge in [-0.05, 0) is 74.7 Å². The molecular formula is C43H43F5N6O3. The summed E-state index contributed by atoms with van der Waals surface area (Å²) < 4.78 is 82.9. The summed E-state index contributed by atoms with van der Waals surface area (Å²) in [7, 11) is 0. The van der Waals surface area contributed by atoms with Crippen LogP contribution in [-0.2, 0) is 4.74 Å². The zero-order chi connectivity index (χ0) is 39.6. The number of aromatic nitrogens is 3. The van der Waals surface area contributed by atoms with Crippen molar-refractivity contribution in [3.8, 4) is 29.6 Å². The molecule has 1 amide bonds. The van der Waals surface area contributed by atoms with E-state index < -0.39 is 29.8 Å². The molecule has 5 aliphatic rings. The predicted octanol–water partition coefficient (Wildman–Crippen LogP) is 8.20. The number of benzene rings is 2. The van der Waals surface area contributed by atoms with E-state index in [9.17, 15) is 22.4 Å². The Hall–Kier alpha value is -5.03. The molecular weight excluding hydrogens is 744 g/mol. The van der Waals surface area contributed by atoms with Gasteiger partial charge in [0, 0.05) is 60.8 Å². The molecule has 2 aliphatic carbocycles. The van der Waals surface area contributed by atoms with Gasteiger partial charge in [-0.15, -0.1) is 6.42 Å². The molecule has 5 unspecified atom stereocenters. The number of halogens is 5. The van der Waals surface area contributed by atoms with Gasteiger partial charge in [0.25, 0.3) is 0 Å². The molecule has 2 aromatic carbocycles. The van der Waals surface area contributed by atoms with Crippen LogP contribution in [0.4, 0.5) is 32.6 Å². The third-order valence-corrected chi connectivity index (χ3v) is 13.1. The van der Waals surface area contributed by atoms with Gasteiger partial charge in [0.2, 0.25) is 0 Å². The van der Waals surface area contributed by atoms with Crippen LogP contribution in [-0.4, -0.2) is 83.6 Å². The third-order valence-electron chi connectivity index (χ3n) is 13.1. The monoisotopic (exact) mass is 786 g/mol. The maximum absolute atomic E-state index is 17.1. The molecule has 0 radical (unpaired) electrons. The number of piperazine rings is 1. The van der Waals surface area contributed by atoms with E-state index >= 15 is 4.39 Å². The molecule has 5 atom stereocenters. The minimum Gasteiger partial charge on any atom is -0.463 e. The number of nitrogens with zero attached hydrogens (tertiary/aromatic N) is 5. The van der Waals surface area contributed by atoms with Crippen LogP contribution in [0.15, 0.2) is 48.7 Å². The molecule has 4 aromatic rings. The van der Waals surface area contributed by atoms with Crippen LogP contribution in [0.1, 0.15) is 56.9 Å². The molecule has 57 heavy (non-hydrogen) atoms. The molecule has 1 N–H and O–H groups in total. The van der Waals surface area contributed by atoms with Crippen molar-refractivity contribution in [1.29, 1.82) is 0 Å². The van der Waals surface area contributed by atoms with E-state index in [1.807, 2.05) is 0 Å². The number of carbonyl (C=O) groups excluding carboxylic acids is 1. The van der Waals surface area contributed by atoms with Crippen LogP contribution in [0, 0.1) is 47.1 Å². The summed E-state index contributed by atoms with van der Waals surface area (Å²) in [5, 5.41) is 5.12. The highest BCUT2D eigenvalue weighted by atomic mass is 19.4. The lowest BCUT2D eigenvalue weighted by atomic mass is 9.75. The van der Waals surface area contributed by atoms with Gasteiger partial charge in [-0.3, -0.25) is 4.98 Å². The number of pyridine rings is 1. The summed E-state index contributed by atoms with van der Waals surface area (Å²) in [6, 6.07) is 8.71. The SMILES string of the molecule is C#Cc1c(F)ccc2cccc(-c3ncc4c(N5CC6CCC(C5)N6)nc(OCC56CCC(COC(=O)N7CC(C(F)(F)F)C7)CCC5CC(=C)C6)nc4c3F)c12. The molecule has 5 heterocycles. The first kappa shape index (κ1) is 37.5. The summed E-state index contributed by atoms with van der Waals surface area (Å²) in [5.74, 6) is 0.483. The molecule has 5 fully saturated rings. The number of likely N-dealkylation sites (tertiary alicyclic amines) is 1. The van der Waals surface area contributed by atoms with Gasteiger partial charge in [0.15, 0.2) is 5.82 Å². The standard InChI is InChI=1S/C43H43F5N6O3/c1-3-31-34(44)12-8-26-5-4-6-32(35(26)31)37-36(45)38-33(17-49-37)39(53-20-29-10-11-30(21-53)50-29)52-40(51-38)57-23-42-14-13-25(7-9-27(42)15-24(2)16-42)22-56-41(55)54-18-28(19-54)43(46,47)48/h1,4-6,8,12,17,25,27-30,50H,2,7,9-11,13-16,18-23H2. The summed E-state index contributed by atoms with van der Waals surface area (Å²) in [6.07, 6.45) is 9.03. The second-order valence-corrected chi connectivity index (χ2v) is 16.7. The number of anilines is 1. The summed E-state index contributed by atoms with van der Waals surface area (Å²) in [5.41, 5.74) is 1.23. The second kappa shape index (κ2) is 14.4. The number of amides is 1. The fourth-order valence-electron chi connectivity index (χ4n) is 9.96. The van der Waals surface area contributed by atoms with Gasteiger partial charge in [-0.2, -0.15) is 23.1 Å². The first-order chi connectivity index (χ1) is 27.4. The number of terminal acetylenes is 1. The highest BCUT2D eigenvalue weighted by molar-refractivity contribution is 6.02. The van der Waals surface area contributed by atoms with E-state index in [-0.39, 0.29) is 78.4 Å². The minimum atomic E-state index is -4.32. The van der Waals surface area contributed by atoms with Crippen molar-refractivity contribution in [3.63, 3.8) is 0 Å². The quantitative estimate of drug-likeness (QED) is 0.114. The molecule has 3 saturated heterocycles. The van der Waals surface area contributed by atoms with Crippen molar-refractivity contribution in [2.45, 2.75) is 69.6 Å². The fraction of sp³-hybridized carbons (Fsp3) is 0.488. The Morgan fingerprint density at radius 1 is 1.04 bits per heavy atom. The van der Waals surface area contributed by atoms with Crippen LogP contribution < -0.4 is 15.0 Å². The molecule has 2 saturated carbocycles. The first-order valence-corrected chi connectivity index (χ1v) is 19.7. The fourth-order valence-corrected chi connectivity index (χ4v) is 9.96. The summed E-state index contributed by atoms with van der Waals surface area (Å²) >= 11 is 0. The van der Waals surface area contributed by atoms with Crippen molar-refractivity contribution in [2.24, 2.45) is 23.2 Å². The van der Waals surface area contributed by atoms with E-state index in [0.717, 1.165) is 61.8 Å². The molecule has 2 bridgehead atoms. The molecule has 3 aliphatic heterocycles. The molecule has 298 valence electrons. The Bertz CT molecular complexity index is 2300. The normalized spacial score (nSPS) is 26.3. The van der Waals surface area contributed by atoms with Crippen LogP contribution in [0.25, 0.3) is 32.9 Å². The first-order valence-electron chi connectivity index (χ1n) is 19.7. The number of alkyl halides is 3. The molecule has 0 spiro atoms. The minimum absolute atomic E-state index is 0.0123. The Balaban J connectivity index is 1.00. The van der Waals surface area contributed by atoms with Crippen molar-refractivity contribution in [2.75, 3.05) is 44.3 Å². The van der Waals surface area contributed by atoms with Crippen LogP contribution in [0.3, 0.4) is 0 Å². The van der Waals surface area contributed by atoms with Gasteiger partial charge >= 0.3 is 18.3 Å². The molecule has 9 nitrogen and oxygen atoms in total. The molecule has 2 aromatic heterocycles. The zero-order valence-corrected chi connectivity index (χ0v) is 31.4. The van der Waals surface area contributed by atoms with Gasteiger partial charge in [0.05, 0.1) is 30.1 Å². The van der Waals surface area contributed by atoms with Crippen LogP contribution in [0.2, 0.25) is 0 Å². The molecule has 14 heteroatoms. The largest absolute Gasteiger partial charge is 0.463 e. The van der Waals surface area contributed by atoms with Gasteiger partial charge in [0.1, 0.15) is 22.8 Å². The van der Waals surface area contributed by atoms with Gasteiger partial charge < -0.3 is 24.6 Å². The van der Waals surface area contributed by atoms with Gasteiger partial charge in [-0.25, -0.2) is 13.6 Å². The number of carbonyl (C=O) groups is 1. The van der Waals surface area contributed by atoms with Crippen LogP contribution in [0.5, 0.6) is 6.01 Å². The average molecular weight is 787 g/mol. The number of allylic oxidation sites excluding steroid dienone is 1. The zero-order valence-electron chi connectivity index (χ0n) is 31.4. The Kier molecular flexibility index (Phi) is 9.49. The Morgan fingerprint density at radius 3 is 2.58 bits per heavy atom. The Morgan fingerprint density at radius 2 is 1.82 bits per heavy atom. The summed E-state index contributed by atoms with van der Waals surface area (Å²) in [4.78, 5) is 30.0. The molecule has 9 rings (SSSR count). The number of nitrogens with one attached hydrogen (secondary N) is 1. The van der Waals surface area contributed by atoms with E-state index in [1.165, 1.54) is 6.07 Å². The maximum atomic E-state index is 17.1. The van der Waals surface area contributed by atoms with Crippen molar-refractivity contribution >= 4 is 33.6 Å². The highest BCUT2D eigenvalue weighted by Crippen LogP contribution is 2.54. The van der Waals surface area contributed by atoms with Crippen molar-refractivity contribution < 1.29 is 36.2 Å². The van der Waals surface area contributed by atoms with E-state index in [2.05, 4.69) is 27.7 Å². The van der Waals surface area contributed by atoms with Crippen molar-refractivity contribution in [3.05, 3.63) is 65.9 Å². The van der Waals surface area contributed by atoms with E-state index in [1.54, 1.807) is 30.5 Å². The third kappa shape index (κ3) is 6.91. The number of hydrogen-bond acceptors (Lipinski definition) is 8. The lowest BCUT2D eigenvalue weighted by Gasteiger charge is -2.39. The smallest absolute Gasteiger partial charge is 0.409 e. The lowest BCUT2D eigenvalue weighted by molar-refractivity contribution is -0.204. The maximum Gasteiger partial charge on any atom is 0.409 e. The lowest BCUT2D eigenvalue weighted by Crippen LogP contribution is -2.55. The number of fused-ring (bicyclic) bond motifs is 5. The van der Waals surface area contributed by atoms with Gasteiger partial charge in [-0.1, -0.05) is 42.3 Å². The predicted molar refractivity (Wildman–Crippen MR) is 205 cm³/mol. The number of rotatable bonds is 7. The van der Waals surface area contributed by atoms with E-state index in [4.69, 9.17) is 25.9 Å². The topological polar surface area (TPSA) is 92.7 Å². The Labute approximate surface area is 327 Å². The van der Waals surface area contributed by atoms with E-state index in [0.29, 0.717) is 40.6 Å². The number of hydrogen-bond donors (Lipinski definition) is 1. The van der Waals surface area contributed by atoms with Crippen molar-refractivity contribution in [1.82, 2.24) is 25.2 Å². The highest BCUT2D eigenvalue weighted by Gasteiger charge is 2.50. The average Bonchev–Trinajstić information content (AvgIpc) is 3.62.